The number of fused-ring (bicyclic) bond motifs is 1. The molecule has 0 fully saturated rings. The van der Waals surface area contributed by atoms with Crippen LogP contribution in [0.25, 0.3) is 10.8 Å². The van der Waals surface area contributed by atoms with Crippen molar-refractivity contribution < 1.29 is 0 Å². The van der Waals surface area contributed by atoms with E-state index < -0.39 is 0 Å². The van der Waals surface area contributed by atoms with Gasteiger partial charge in [-0.25, -0.2) is 0 Å². The Hall–Kier alpha value is -2.69. The summed E-state index contributed by atoms with van der Waals surface area (Å²) in [5, 5.41) is 15.0. The van der Waals surface area contributed by atoms with Crippen molar-refractivity contribution >= 4 is 46.3 Å². The predicted molar refractivity (Wildman–Crippen MR) is 109 cm³/mol. The summed E-state index contributed by atoms with van der Waals surface area (Å²) >= 11 is 5.95. The van der Waals surface area contributed by atoms with Crippen molar-refractivity contribution in [1.29, 1.82) is 0 Å². The number of hydrogen-bond acceptors (Lipinski definition) is 4. The second-order valence-electron chi connectivity index (χ2n) is 5.71. The monoisotopic (exact) mass is 382 g/mol. The van der Waals surface area contributed by atoms with E-state index in [0.717, 1.165) is 40.0 Å². The fourth-order valence-electron chi connectivity index (χ4n) is 2.75. The van der Waals surface area contributed by atoms with E-state index in [9.17, 15) is 0 Å². The summed E-state index contributed by atoms with van der Waals surface area (Å²) in [5.74, 6) is 0.733. The molecule has 0 aliphatic heterocycles. The van der Waals surface area contributed by atoms with Gasteiger partial charge in [0.05, 0.1) is 5.69 Å². The molecule has 2 heterocycles. The maximum absolute atomic E-state index is 5.95. The van der Waals surface area contributed by atoms with E-state index in [4.69, 9.17) is 11.6 Å². The van der Waals surface area contributed by atoms with Crippen LogP contribution >= 0.6 is 24.0 Å². The molecule has 0 bridgehead atoms. The van der Waals surface area contributed by atoms with E-state index in [2.05, 4.69) is 32.6 Å². The Morgan fingerprint density at radius 2 is 1.50 bits per heavy atom. The standard InChI is InChI=1S/C20H15ClN4.ClH/c21-15-5-7-16(8-6-15)23-20-18-4-2-1-3-17(18)19(24-25-20)13-14-9-11-22-12-10-14;/h1-12H,13H2,(H,23,25);1H. The van der Waals surface area contributed by atoms with Crippen LogP contribution in [0.4, 0.5) is 11.5 Å². The van der Waals surface area contributed by atoms with Crippen molar-refractivity contribution in [3.05, 3.63) is 89.3 Å². The van der Waals surface area contributed by atoms with Crippen LogP contribution in [0.2, 0.25) is 5.02 Å². The maximum Gasteiger partial charge on any atom is 0.160 e. The van der Waals surface area contributed by atoms with Gasteiger partial charge in [0.25, 0.3) is 0 Å². The van der Waals surface area contributed by atoms with E-state index in [-0.39, 0.29) is 12.4 Å². The smallest absolute Gasteiger partial charge is 0.160 e. The maximum atomic E-state index is 5.95. The van der Waals surface area contributed by atoms with Gasteiger partial charge in [-0.2, -0.15) is 5.10 Å². The van der Waals surface area contributed by atoms with Gasteiger partial charge >= 0.3 is 0 Å². The van der Waals surface area contributed by atoms with Crippen molar-refractivity contribution in [1.82, 2.24) is 15.2 Å². The highest BCUT2D eigenvalue weighted by molar-refractivity contribution is 6.30. The Labute approximate surface area is 162 Å². The predicted octanol–water partition coefficient (Wildman–Crippen LogP) is 5.43. The van der Waals surface area contributed by atoms with Crippen LogP contribution in [0.15, 0.2) is 73.1 Å². The van der Waals surface area contributed by atoms with Crippen LogP contribution in [0.1, 0.15) is 11.3 Å². The SMILES string of the molecule is Cl.Clc1ccc(Nc2nnc(Cc3ccncc3)c3ccccc23)cc1. The normalized spacial score (nSPS) is 10.3. The molecule has 26 heavy (non-hydrogen) atoms. The Bertz CT molecular complexity index is 1010. The number of nitrogens with one attached hydrogen (secondary N) is 1. The fraction of sp³-hybridized carbons (Fsp3) is 0.0500. The molecule has 2 aromatic heterocycles. The zero-order valence-electron chi connectivity index (χ0n) is 13.8. The molecular weight excluding hydrogens is 367 g/mol. The first-order valence-corrected chi connectivity index (χ1v) is 8.33. The van der Waals surface area contributed by atoms with Crippen molar-refractivity contribution in [2.75, 3.05) is 5.32 Å². The second-order valence-corrected chi connectivity index (χ2v) is 6.14. The summed E-state index contributed by atoms with van der Waals surface area (Å²) in [6.45, 7) is 0. The van der Waals surface area contributed by atoms with Crippen LogP contribution in [0.3, 0.4) is 0 Å². The third-order valence-electron chi connectivity index (χ3n) is 3.99. The zero-order chi connectivity index (χ0) is 17.1. The lowest BCUT2D eigenvalue weighted by molar-refractivity contribution is 0.960. The van der Waals surface area contributed by atoms with E-state index in [1.165, 1.54) is 0 Å². The first kappa shape index (κ1) is 18.1. The molecule has 4 rings (SSSR count). The topological polar surface area (TPSA) is 50.7 Å². The average molecular weight is 383 g/mol. The van der Waals surface area contributed by atoms with Crippen molar-refractivity contribution in [3.63, 3.8) is 0 Å². The van der Waals surface area contributed by atoms with Gasteiger partial charge in [-0.1, -0.05) is 35.9 Å². The number of nitrogens with zero attached hydrogens (tertiary/aromatic N) is 3. The number of rotatable bonds is 4. The minimum Gasteiger partial charge on any atom is -0.338 e. The molecule has 6 heteroatoms. The molecule has 4 aromatic rings. The Balaban J connectivity index is 0.00000196. The number of halogens is 2. The highest BCUT2D eigenvalue weighted by Crippen LogP contribution is 2.27. The molecular formula is C20H16Cl2N4. The molecule has 130 valence electrons. The molecule has 0 aliphatic rings. The van der Waals surface area contributed by atoms with Crippen molar-refractivity contribution in [3.8, 4) is 0 Å². The third kappa shape index (κ3) is 3.93. The number of benzene rings is 2. The van der Waals surface area contributed by atoms with Crippen LogP contribution < -0.4 is 5.32 Å². The minimum absolute atomic E-state index is 0. The molecule has 2 aromatic carbocycles. The van der Waals surface area contributed by atoms with Crippen LogP contribution in [0, 0.1) is 0 Å². The number of aromatic nitrogens is 3. The van der Waals surface area contributed by atoms with Crippen molar-refractivity contribution in [2.45, 2.75) is 6.42 Å². The molecule has 0 saturated heterocycles. The van der Waals surface area contributed by atoms with E-state index in [1.54, 1.807) is 12.4 Å². The lowest BCUT2D eigenvalue weighted by atomic mass is 10.0. The van der Waals surface area contributed by atoms with Gasteiger partial charge < -0.3 is 5.32 Å². The Morgan fingerprint density at radius 1 is 0.808 bits per heavy atom. The molecule has 1 N–H and O–H groups in total. The molecule has 0 amide bonds. The van der Waals surface area contributed by atoms with Crippen LogP contribution in [-0.4, -0.2) is 15.2 Å². The van der Waals surface area contributed by atoms with Gasteiger partial charge in [-0.3, -0.25) is 4.98 Å². The number of pyridine rings is 1. The quantitative estimate of drug-likeness (QED) is 0.510. The van der Waals surface area contributed by atoms with Crippen LogP contribution in [0.5, 0.6) is 0 Å². The number of anilines is 2. The largest absolute Gasteiger partial charge is 0.338 e. The van der Waals surface area contributed by atoms with Gasteiger partial charge in [0, 0.05) is 40.3 Å². The Kier molecular flexibility index (Phi) is 5.66. The Morgan fingerprint density at radius 3 is 2.23 bits per heavy atom. The third-order valence-corrected chi connectivity index (χ3v) is 4.24. The molecule has 0 radical (unpaired) electrons. The first-order valence-electron chi connectivity index (χ1n) is 7.95. The van der Waals surface area contributed by atoms with Gasteiger partial charge in [-0.15, -0.1) is 17.5 Å². The van der Waals surface area contributed by atoms with Gasteiger partial charge in [0.2, 0.25) is 0 Å². The van der Waals surface area contributed by atoms with Gasteiger partial charge in [0.15, 0.2) is 5.82 Å². The summed E-state index contributed by atoms with van der Waals surface area (Å²) in [4.78, 5) is 4.06. The van der Waals surface area contributed by atoms with Gasteiger partial charge in [0.1, 0.15) is 0 Å². The molecule has 0 unspecified atom stereocenters. The van der Waals surface area contributed by atoms with Gasteiger partial charge in [-0.05, 0) is 42.0 Å². The summed E-state index contributed by atoms with van der Waals surface area (Å²) in [7, 11) is 0. The van der Waals surface area contributed by atoms with E-state index >= 15 is 0 Å². The average Bonchev–Trinajstić information content (AvgIpc) is 2.66. The molecule has 0 aliphatic carbocycles. The van der Waals surface area contributed by atoms with Crippen LogP contribution in [-0.2, 0) is 6.42 Å². The fourth-order valence-corrected chi connectivity index (χ4v) is 2.87. The molecule has 4 nitrogen and oxygen atoms in total. The summed E-state index contributed by atoms with van der Waals surface area (Å²) in [6.07, 6.45) is 4.31. The lowest BCUT2D eigenvalue weighted by Crippen LogP contribution is -2.02. The molecule has 0 atom stereocenters. The van der Waals surface area contributed by atoms with Crippen molar-refractivity contribution in [2.24, 2.45) is 0 Å². The van der Waals surface area contributed by atoms with E-state index in [0.29, 0.717) is 5.02 Å². The minimum atomic E-state index is 0. The highest BCUT2D eigenvalue weighted by atomic mass is 35.5. The summed E-state index contributed by atoms with van der Waals surface area (Å²) in [6, 6.07) is 19.7. The lowest BCUT2D eigenvalue weighted by Gasteiger charge is -2.11. The second kappa shape index (κ2) is 8.13. The summed E-state index contributed by atoms with van der Waals surface area (Å²) in [5.41, 5.74) is 3.03. The molecule has 0 saturated carbocycles. The zero-order valence-corrected chi connectivity index (χ0v) is 15.3. The molecule has 0 spiro atoms. The summed E-state index contributed by atoms with van der Waals surface area (Å²) < 4.78 is 0. The van der Waals surface area contributed by atoms with E-state index in [1.807, 2.05) is 48.5 Å². The first-order chi connectivity index (χ1) is 12.3. The number of hydrogen-bond donors (Lipinski definition) is 1. The highest BCUT2D eigenvalue weighted by Gasteiger charge is 2.10.